The van der Waals surface area contributed by atoms with Crippen molar-refractivity contribution in [3.05, 3.63) is 10.9 Å². The number of nitrogens with one attached hydrogen (secondary N) is 2. The van der Waals surface area contributed by atoms with E-state index in [9.17, 15) is 0 Å². The lowest BCUT2D eigenvalue weighted by Gasteiger charge is -2.27. The molecule has 0 amide bonds. The van der Waals surface area contributed by atoms with E-state index in [1.165, 1.54) is 30.6 Å². The Bertz CT molecular complexity index is 624. The van der Waals surface area contributed by atoms with Crippen LogP contribution in [0.2, 0.25) is 0 Å². The monoisotopic (exact) mass is 305 g/mol. The molecule has 2 unspecified atom stereocenters. The SMILES string of the molecule is Cc1cc2c(NCC3CCCC(C)C3)nc(NN)nc2s1. The summed E-state index contributed by atoms with van der Waals surface area (Å²) in [4.78, 5) is 11.1. The smallest absolute Gasteiger partial charge is 0.240 e. The second-order valence-corrected chi connectivity index (χ2v) is 7.37. The minimum Gasteiger partial charge on any atom is -0.369 e. The van der Waals surface area contributed by atoms with E-state index in [0.717, 1.165) is 34.4 Å². The van der Waals surface area contributed by atoms with Crippen LogP contribution in [-0.2, 0) is 0 Å². The van der Waals surface area contributed by atoms with E-state index in [4.69, 9.17) is 5.84 Å². The Labute approximate surface area is 129 Å². The number of hydrogen-bond donors (Lipinski definition) is 3. The van der Waals surface area contributed by atoms with Gasteiger partial charge < -0.3 is 5.32 Å². The normalized spacial score (nSPS) is 22.4. The molecule has 2 heterocycles. The van der Waals surface area contributed by atoms with Gasteiger partial charge in [0.05, 0.1) is 5.39 Å². The first kappa shape index (κ1) is 14.5. The number of nitrogens with two attached hydrogens (primary N) is 1. The molecule has 3 rings (SSSR count). The largest absolute Gasteiger partial charge is 0.369 e. The highest BCUT2D eigenvalue weighted by molar-refractivity contribution is 7.18. The van der Waals surface area contributed by atoms with Crippen molar-refractivity contribution in [2.75, 3.05) is 17.3 Å². The van der Waals surface area contributed by atoms with Gasteiger partial charge in [-0.25, -0.2) is 10.8 Å². The second kappa shape index (κ2) is 6.15. The van der Waals surface area contributed by atoms with Crippen LogP contribution < -0.4 is 16.6 Å². The maximum Gasteiger partial charge on any atom is 0.240 e. The zero-order valence-corrected chi connectivity index (χ0v) is 13.5. The van der Waals surface area contributed by atoms with Crippen LogP contribution in [0.3, 0.4) is 0 Å². The van der Waals surface area contributed by atoms with Gasteiger partial charge in [-0.05, 0) is 37.7 Å². The molecule has 0 saturated heterocycles. The summed E-state index contributed by atoms with van der Waals surface area (Å²) in [5.41, 5.74) is 2.56. The van der Waals surface area contributed by atoms with Crippen LogP contribution in [0.5, 0.6) is 0 Å². The Kier molecular flexibility index (Phi) is 4.26. The quantitative estimate of drug-likeness (QED) is 0.595. The van der Waals surface area contributed by atoms with Crippen LogP contribution in [0.25, 0.3) is 10.2 Å². The highest BCUT2D eigenvalue weighted by Crippen LogP contribution is 2.31. The molecule has 2 atom stereocenters. The van der Waals surface area contributed by atoms with Crippen molar-refractivity contribution in [1.29, 1.82) is 0 Å². The van der Waals surface area contributed by atoms with Gasteiger partial charge in [0.25, 0.3) is 0 Å². The third kappa shape index (κ3) is 3.27. The number of fused-ring (bicyclic) bond motifs is 1. The Morgan fingerprint density at radius 3 is 3.00 bits per heavy atom. The Morgan fingerprint density at radius 1 is 1.38 bits per heavy atom. The van der Waals surface area contributed by atoms with Crippen LogP contribution in [0, 0.1) is 18.8 Å². The predicted molar refractivity (Wildman–Crippen MR) is 89.6 cm³/mol. The number of nitrogen functional groups attached to an aromatic ring is 1. The third-order valence-electron chi connectivity index (χ3n) is 4.25. The van der Waals surface area contributed by atoms with Gasteiger partial charge in [0.2, 0.25) is 5.95 Å². The van der Waals surface area contributed by atoms with Crippen LogP contribution in [-0.4, -0.2) is 16.5 Å². The van der Waals surface area contributed by atoms with Gasteiger partial charge in [0.15, 0.2) is 0 Å². The third-order valence-corrected chi connectivity index (χ3v) is 5.19. The van der Waals surface area contributed by atoms with Gasteiger partial charge in [-0.3, -0.25) is 5.43 Å². The van der Waals surface area contributed by atoms with Gasteiger partial charge in [-0.1, -0.05) is 19.8 Å². The fourth-order valence-corrected chi connectivity index (χ4v) is 4.11. The lowest BCUT2D eigenvalue weighted by molar-refractivity contribution is 0.293. The summed E-state index contributed by atoms with van der Waals surface area (Å²) in [6.45, 7) is 5.43. The maximum atomic E-state index is 5.48. The fraction of sp³-hybridized carbons (Fsp3) is 0.600. The summed E-state index contributed by atoms with van der Waals surface area (Å²) in [6.07, 6.45) is 5.35. The molecule has 0 aromatic carbocycles. The van der Waals surface area contributed by atoms with Gasteiger partial charge in [-0.2, -0.15) is 4.98 Å². The molecule has 2 aromatic rings. The molecule has 1 aliphatic carbocycles. The van der Waals surface area contributed by atoms with Crippen LogP contribution in [0.15, 0.2) is 6.07 Å². The molecule has 114 valence electrons. The van der Waals surface area contributed by atoms with E-state index >= 15 is 0 Å². The van der Waals surface area contributed by atoms with Crippen molar-refractivity contribution in [1.82, 2.24) is 9.97 Å². The molecular formula is C15H23N5S. The number of aromatic nitrogens is 2. The van der Waals surface area contributed by atoms with Gasteiger partial charge >= 0.3 is 0 Å². The van der Waals surface area contributed by atoms with Crippen molar-refractivity contribution in [2.45, 2.75) is 39.5 Å². The molecule has 0 bridgehead atoms. The summed E-state index contributed by atoms with van der Waals surface area (Å²) in [7, 11) is 0. The van der Waals surface area contributed by atoms with E-state index in [0.29, 0.717) is 5.95 Å². The van der Waals surface area contributed by atoms with E-state index in [1.807, 2.05) is 0 Å². The van der Waals surface area contributed by atoms with E-state index in [2.05, 4.69) is 40.6 Å². The topological polar surface area (TPSA) is 75.9 Å². The number of nitrogens with zero attached hydrogens (tertiary/aromatic N) is 2. The number of rotatable bonds is 4. The fourth-order valence-electron chi connectivity index (χ4n) is 3.23. The zero-order valence-electron chi connectivity index (χ0n) is 12.6. The van der Waals surface area contributed by atoms with Crippen molar-refractivity contribution >= 4 is 33.3 Å². The van der Waals surface area contributed by atoms with E-state index in [-0.39, 0.29) is 0 Å². The lowest BCUT2D eigenvalue weighted by Crippen LogP contribution is -2.21. The minimum absolute atomic E-state index is 0.476. The molecule has 5 nitrogen and oxygen atoms in total. The summed E-state index contributed by atoms with van der Waals surface area (Å²) in [6, 6.07) is 2.14. The Balaban J connectivity index is 1.79. The molecule has 1 fully saturated rings. The number of hydrazine groups is 1. The first-order valence-electron chi connectivity index (χ1n) is 7.64. The minimum atomic E-state index is 0.476. The lowest BCUT2D eigenvalue weighted by atomic mass is 9.82. The van der Waals surface area contributed by atoms with Crippen LogP contribution in [0.1, 0.15) is 37.5 Å². The molecule has 21 heavy (non-hydrogen) atoms. The van der Waals surface area contributed by atoms with Crippen molar-refractivity contribution in [3.8, 4) is 0 Å². The standard InChI is InChI=1S/C15H23N5S/c1-9-4-3-5-11(6-9)8-17-13-12-7-10(2)21-14(12)19-15(18-13)20-16/h7,9,11H,3-6,8,16H2,1-2H3,(H2,17,18,19,20). The molecule has 2 aromatic heterocycles. The van der Waals surface area contributed by atoms with Gasteiger partial charge in [0.1, 0.15) is 10.6 Å². The zero-order chi connectivity index (χ0) is 14.8. The number of thiophene rings is 1. The number of aryl methyl sites for hydroxylation is 1. The molecule has 0 spiro atoms. The van der Waals surface area contributed by atoms with E-state index in [1.54, 1.807) is 11.3 Å². The van der Waals surface area contributed by atoms with Crippen molar-refractivity contribution in [2.24, 2.45) is 17.7 Å². The number of anilines is 2. The molecule has 6 heteroatoms. The summed E-state index contributed by atoms with van der Waals surface area (Å²) in [5.74, 6) is 8.44. The first-order valence-corrected chi connectivity index (χ1v) is 8.46. The highest BCUT2D eigenvalue weighted by Gasteiger charge is 2.19. The van der Waals surface area contributed by atoms with Gasteiger partial charge in [0, 0.05) is 11.4 Å². The molecule has 4 N–H and O–H groups in total. The molecule has 0 aliphatic heterocycles. The van der Waals surface area contributed by atoms with Crippen molar-refractivity contribution < 1.29 is 0 Å². The van der Waals surface area contributed by atoms with Crippen LogP contribution >= 0.6 is 11.3 Å². The first-order chi connectivity index (χ1) is 10.2. The predicted octanol–water partition coefficient (Wildman–Crippen LogP) is 3.52. The average molecular weight is 305 g/mol. The summed E-state index contributed by atoms with van der Waals surface area (Å²) < 4.78 is 0. The summed E-state index contributed by atoms with van der Waals surface area (Å²) >= 11 is 1.67. The average Bonchev–Trinajstić information content (AvgIpc) is 2.85. The Hall–Kier alpha value is -1.40. The second-order valence-electron chi connectivity index (χ2n) is 6.13. The molecule has 1 aliphatic rings. The molecular weight excluding hydrogens is 282 g/mol. The van der Waals surface area contributed by atoms with E-state index < -0.39 is 0 Å². The number of hydrogen-bond acceptors (Lipinski definition) is 6. The van der Waals surface area contributed by atoms with Crippen LogP contribution in [0.4, 0.5) is 11.8 Å². The van der Waals surface area contributed by atoms with Gasteiger partial charge in [-0.15, -0.1) is 11.3 Å². The maximum absolute atomic E-state index is 5.48. The summed E-state index contributed by atoms with van der Waals surface area (Å²) in [5, 5.41) is 4.62. The molecule has 0 radical (unpaired) electrons. The Morgan fingerprint density at radius 2 is 2.24 bits per heavy atom. The highest BCUT2D eigenvalue weighted by atomic mass is 32.1. The van der Waals surface area contributed by atoms with Crippen molar-refractivity contribution in [3.63, 3.8) is 0 Å². The molecule has 1 saturated carbocycles.